The van der Waals surface area contributed by atoms with E-state index in [4.69, 9.17) is 5.73 Å². The molecule has 4 nitrogen and oxygen atoms in total. The van der Waals surface area contributed by atoms with Crippen molar-refractivity contribution in [3.8, 4) is 0 Å². The number of hydrogen-bond donors (Lipinski definition) is 1. The summed E-state index contributed by atoms with van der Waals surface area (Å²) in [7, 11) is 0. The maximum Gasteiger partial charge on any atom is 0.320 e. The Labute approximate surface area is 126 Å². The molecular weight excluding hydrogens is 262 g/mol. The molecule has 2 aliphatic heterocycles. The van der Waals surface area contributed by atoms with Crippen LogP contribution in [0.15, 0.2) is 24.3 Å². The lowest BCUT2D eigenvalue weighted by atomic mass is 9.92. The van der Waals surface area contributed by atoms with E-state index in [1.54, 1.807) is 0 Å². The summed E-state index contributed by atoms with van der Waals surface area (Å²) in [6.45, 7) is 5.27. The fourth-order valence-electron chi connectivity index (χ4n) is 3.68. The number of nitrogens with two attached hydrogens (primary N) is 1. The van der Waals surface area contributed by atoms with Crippen molar-refractivity contribution in [2.45, 2.75) is 32.2 Å². The molecule has 2 atom stereocenters. The Morgan fingerprint density at radius 2 is 2.14 bits per heavy atom. The highest BCUT2D eigenvalue weighted by molar-refractivity contribution is 5.75. The van der Waals surface area contributed by atoms with Crippen LogP contribution in [-0.2, 0) is 6.42 Å². The maximum absolute atomic E-state index is 12.9. The van der Waals surface area contributed by atoms with Crippen LogP contribution in [0.5, 0.6) is 0 Å². The van der Waals surface area contributed by atoms with Gasteiger partial charge in [0.05, 0.1) is 6.04 Å². The Hall–Kier alpha value is -1.55. The number of urea groups is 1. The van der Waals surface area contributed by atoms with E-state index in [1.807, 2.05) is 15.9 Å². The van der Waals surface area contributed by atoms with Crippen molar-refractivity contribution in [2.24, 2.45) is 11.7 Å². The van der Waals surface area contributed by atoms with Gasteiger partial charge in [-0.15, -0.1) is 0 Å². The fourth-order valence-corrected chi connectivity index (χ4v) is 3.68. The number of carbonyl (C=O) groups excluding carboxylic acids is 1. The molecule has 0 aliphatic carbocycles. The molecule has 0 spiro atoms. The van der Waals surface area contributed by atoms with E-state index >= 15 is 0 Å². The molecule has 2 heterocycles. The van der Waals surface area contributed by atoms with Crippen LogP contribution in [-0.4, -0.2) is 42.0 Å². The highest BCUT2D eigenvalue weighted by Gasteiger charge is 2.33. The normalized spacial score (nSPS) is 25.6. The summed E-state index contributed by atoms with van der Waals surface area (Å²) < 4.78 is 0. The monoisotopic (exact) mass is 287 g/mol. The average Bonchev–Trinajstić information content (AvgIpc) is 2.53. The SMILES string of the molecule is CC1CCCN(C(=O)N2CCc3ccccc3C2CN)C1. The van der Waals surface area contributed by atoms with E-state index in [9.17, 15) is 4.79 Å². The van der Waals surface area contributed by atoms with Crippen LogP contribution in [0.25, 0.3) is 0 Å². The number of likely N-dealkylation sites (tertiary alicyclic amines) is 1. The molecule has 1 saturated heterocycles. The molecule has 0 aromatic heterocycles. The molecule has 1 aromatic rings. The summed E-state index contributed by atoms with van der Waals surface area (Å²) in [5.74, 6) is 0.608. The molecule has 21 heavy (non-hydrogen) atoms. The Morgan fingerprint density at radius 1 is 1.33 bits per heavy atom. The summed E-state index contributed by atoms with van der Waals surface area (Å²) in [4.78, 5) is 16.9. The summed E-state index contributed by atoms with van der Waals surface area (Å²) >= 11 is 0. The number of rotatable bonds is 1. The van der Waals surface area contributed by atoms with Gasteiger partial charge in [-0.05, 0) is 36.3 Å². The molecule has 1 fully saturated rings. The summed E-state index contributed by atoms with van der Waals surface area (Å²) in [6, 6.07) is 8.58. The molecule has 2 unspecified atom stereocenters. The number of amides is 2. The lowest BCUT2D eigenvalue weighted by Crippen LogP contribution is -2.51. The largest absolute Gasteiger partial charge is 0.328 e. The summed E-state index contributed by atoms with van der Waals surface area (Å²) in [6.07, 6.45) is 3.28. The number of nitrogens with zero attached hydrogens (tertiary/aromatic N) is 2. The van der Waals surface area contributed by atoms with Crippen molar-refractivity contribution >= 4 is 6.03 Å². The van der Waals surface area contributed by atoms with Crippen molar-refractivity contribution in [1.29, 1.82) is 0 Å². The molecule has 1 aromatic carbocycles. The van der Waals surface area contributed by atoms with Crippen LogP contribution in [0.3, 0.4) is 0 Å². The Bertz CT molecular complexity index is 517. The third-order valence-corrected chi connectivity index (χ3v) is 4.81. The Balaban J connectivity index is 1.80. The van der Waals surface area contributed by atoms with E-state index in [0.29, 0.717) is 12.5 Å². The minimum atomic E-state index is 0.0275. The molecule has 0 radical (unpaired) electrons. The fraction of sp³-hybridized carbons (Fsp3) is 0.588. The predicted octanol–water partition coefficient (Wildman–Crippen LogP) is 2.40. The quantitative estimate of drug-likeness (QED) is 0.862. The zero-order chi connectivity index (χ0) is 14.8. The van der Waals surface area contributed by atoms with Gasteiger partial charge >= 0.3 is 6.03 Å². The van der Waals surface area contributed by atoms with Crippen LogP contribution in [0, 0.1) is 5.92 Å². The third-order valence-electron chi connectivity index (χ3n) is 4.81. The first-order chi connectivity index (χ1) is 10.2. The lowest BCUT2D eigenvalue weighted by Gasteiger charge is -2.41. The summed E-state index contributed by atoms with van der Waals surface area (Å²) in [5, 5.41) is 0. The van der Waals surface area contributed by atoms with Gasteiger partial charge in [0, 0.05) is 26.2 Å². The van der Waals surface area contributed by atoms with E-state index in [0.717, 1.165) is 32.5 Å². The lowest BCUT2D eigenvalue weighted by molar-refractivity contribution is 0.112. The molecule has 2 N–H and O–H groups in total. The summed E-state index contributed by atoms with van der Waals surface area (Å²) in [5.41, 5.74) is 8.55. The van der Waals surface area contributed by atoms with Gasteiger partial charge in [0.15, 0.2) is 0 Å². The molecular formula is C17H25N3O. The Morgan fingerprint density at radius 3 is 2.90 bits per heavy atom. The zero-order valence-corrected chi connectivity index (χ0v) is 12.8. The van der Waals surface area contributed by atoms with Crippen LogP contribution in [0.4, 0.5) is 4.79 Å². The van der Waals surface area contributed by atoms with Crippen LogP contribution in [0.2, 0.25) is 0 Å². The van der Waals surface area contributed by atoms with Gasteiger partial charge in [0.2, 0.25) is 0 Å². The van der Waals surface area contributed by atoms with Gasteiger partial charge in [-0.25, -0.2) is 4.79 Å². The predicted molar refractivity (Wildman–Crippen MR) is 84.0 cm³/mol. The van der Waals surface area contributed by atoms with Gasteiger partial charge < -0.3 is 15.5 Å². The topological polar surface area (TPSA) is 49.6 Å². The molecule has 4 heteroatoms. The zero-order valence-electron chi connectivity index (χ0n) is 12.8. The minimum absolute atomic E-state index is 0.0275. The van der Waals surface area contributed by atoms with Gasteiger partial charge in [0.1, 0.15) is 0 Å². The second-order valence-corrected chi connectivity index (χ2v) is 6.37. The smallest absolute Gasteiger partial charge is 0.320 e. The van der Waals surface area contributed by atoms with Crippen molar-refractivity contribution in [2.75, 3.05) is 26.2 Å². The number of fused-ring (bicyclic) bond motifs is 1. The molecule has 3 rings (SSSR count). The second-order valence-electron chi connectivity index (χ2n) is 6.37. The molecule has 114 valence electrons. The van der Waals surface area contributed by atoms with E-state index in [1.165, 1.54) is 17.5 Å². The van der Waals surface area contributed by atoms with Crippen molar-refractivity contribution in [1.82, 2.24) is 9.80 Å². The van der Waals surface area contributed by atoms with Crippen LogP contribution in [0.1, 0.15) is 36.9 Å². The van der Waals surface area contributed by atoms with Gasteiger partial charge in [-0.3, -0.25) is 0 Å². The number of benzene rings is 1. The van der Waals surface area contributed by atoms with E-state index in [-0.39, 0.29) is 12.1 Å². The van der Waals surface area contributed by atoms with Crippen LogP contribution >= 0.6 is 0 Å². The number of hydrogen-bond acceptors (Lipinski definition) is 2. The average molecular weight is 287 g/mol. The number of piperidine rings is 1. The van der Waals surface area contributed by atoms with Gasteiger partial charge in [-0.1, -0.05) is 31.2 Å². The first-order valence-corrected chi connectivity index (χ1v) is 8.04. The maximum atomic E-state index is 12.9. The molecule has 0 saturated carbocycles. The molecule has 2 amide bonds. The van der Waals surface area contributed by atoms with Crippen molar-refractivity contribution in [3.63, 3.8) is 0 Å². The highest BCUT2D eigenvalue weighted by Crippen LogP contribution is 2.30. The third kappa shape index (κ3) is 2.77. The second kappa shape index (κ2) is 6.06. The first kappa shape index (κ1) is 14.4. The molecule has 2 aliphatic rings. The minimum Gasteiger partial charge on any atom is -0.328 e. The highest BCUT2D eigenvalue weighted by atomic mass is 16.2. The van der Waals surface area contributed by atoms with Gasteiger partial charge in [-0.2, -0.15) is 0 Å². The van der Waals surface area contributed by atoms with Crippen molar-refractivity contribution in [3.05, 3.63) is 35.4 Å². The Kier molecular flexibility index (Phi) is 4.15. The van der Waals surface area contributed by atoms with Crippen LogP contribution < -0.4 is 5.73 Å². The first-order valence-electron chi connectivity index (χ1n) is 8.04. The van der Waals surface area contributed by atoms with E-state index in [2.05, 4.69) is 25.1 Å². The number of carbonyl (C=O) groups is 1. The molecule has 0 bridgehead atoms. The van der Waals surface area contributed by atoms with Gasteiger partial charge in [0.25, 0.3) is 0 Å². The standard InChI is InChI=1S/C17H25N3O/c1-13-5-4-9-19(12-13)17(21)20-10-8-14-6-2-3-7-15(14)16(20)11-18/h2-3,6-7,13,16H,4-5,8-12,18H2,1H3. The van der Waals surface area contributed by atoms with Crippen molar-refractivity contribution < 1.29 is 4.79 Å². The van der Waals surface area contributed by atoms with E-state index < -0.39 is 0 Å².